The molecule has 1 aromatic rings. The van der Waals surface area contributed by atoms with Crippen molar-refractivity contribution >= 4 is 17.8 Å². The summed E-state index contributed by atoms with van der Waals surface area (Å²) in [5.41, 5.74) is 0. The zero-order valence-corrected chi connectivity index (χ0v) is 12.3. The molecular formula is C13H24N6. The van der Waals surface area contributed by atoms with Gasteiger partial charge in [0.25, 0.3) is 0 Å². The maximum Gasteiger partial charge on any atom is 0.232 e. The fourth-order valence-electron chi connectivity index (χ4n) is 1.95. The Kier molecular flexibility index (Phi) is 4.39. The molecule has 6 nitrogen and oxygen atoms in total. The van der Waals surface area contributed by atoms with Crippen molar-refractivity contribution in [1.82, 2.24) is 15.0 Å². The first kappa shape index (κ1) is 13.8. The van der Waals surface area contributed by atoms with Crippen molar-refractivity contribution in [2.45, 2.75) is 38.6 Å². The molecule has 1 aliphatic carbocycles. The van der Waals surface area contributed by atoms with E-state index in [1.54, 1.807) is 0 Å². The van der Waals surface area contributed by atoms with E-state index in [2.05, 4.69) is 32.1 Å². The largest absolute Gasteiger partial charge is 0.357 e. The summed E-state index contributed by atoms with van der Waals surface area (Å²) in [7, 11) is 5.74. The van der Waals surface area contributed by atoms with Gasteiger partial charge in [0.1, 0.15) is 0 Å². The Hall–Kier alpha value is -1.59. The van der Waals surface area contributed by atoms with Crippen LogP contribution in [0.25, 0.3) is 0 Å². The molecule has 1 saturated carbocycles. The fourth-order valence-corrected chi connectivity index (χ4v) is 1.95. The van der Waals surface area contributed by atoms with E-state index in [4.69, 9.17) is 0 Å². The molecule has 1 heterocycles. The van der Waals surface area contributed by atoms with E-state index in [0.29, 0.717) is 17.9 Å². The predicted octanol–water partition coefficient (Wildman–Crippen LogP) is 1.75. The number of nitrogens with one attached hydrogen (secondary N) is 1. The van der Waals surface area contributed by atoms with Gasteiger partial charge in [0.2, 0.25) is 17.8 Å². The molecule has 0 atom stereocenters. The van der Waals surface area contributed by atoms with Crippen LogP contribution in [0, 0.1) is 0 Å². The molecule has 1 aliphatic rings. The Balaban J connectivity index is 2.26. The monoisotopic (exact) mass is 264 g/mol. The summed E-state index contributed by atoms with van der Waals surface area (Å²) in [6.45, 7) is 3.24. The SMILES string of the molecule is CCCCN(c1nc(NC)nc(N(C)C)n1)C1CC1. The summed E-state index contributed by atoms with van der Waals surface area (Å²) in [5.74, 6) is 2.14. The highest BCUT2D eigenvalue weighted by Gasteiger charge is 2.31. The van der Waals surface area contributed by atoms with Gasteiger partial charge in [-0.15, -0.1) is 0 Å². The van der Waals surface area contributed by atoms with Gasteiger partial charge in [-0.3, -0.25) is 0 Å². The number of hydrogen-bond donors (Lipinski definition) is 1. The van der Waals surface area contributed by atoms with Gasteiger partial charge in [-0.1, -0.05) is 13.3 Å². The molecule has 0 amide bonds. The van der Waals surface area contributed by atoms with Crippen molar-refractivity contribution in [3.8, 4) is 0 Å². The molecule has 0 aliphatic heterocycles. The molecule has 0 bridgehead atoms. The first-order valence-corrected chi connectivity index (χ1v) is 7.03. The Bertz CT molecular complexity index is 416. The van der Waals surface area contributed by atoms with Crippen molar-refractivity contribution < 1.29 is 0 Å². The second-order valence-electron chi connectivity index (χ2n) is 5.18. The molecule has 0 unspecified atom stereocenters. The van der Waals surface area contributed by atoms with Gasteiger partial charge in [-0.25, -0.2) is 0 Å². The summed E-state index contributed by atoms with van der Waals surface area (Å²) in [4.78, 5) is 17.7. The summed E-state index contributed by atoms with van der Waals surface area (Å²) in [5, 5.41) is 3.02. The van der Waals surface area contributed by atoms with Gasteiger partial charge in [-0.05, 0) is 19.3 Å². The number of nitrogens with zero attached hydrogens (tertiary/aromatic N) is 5. The van der Waals surface area contributed by atoms with Crippen LogP contribution in [0.15, 0.2) is 0 Å². The number of unbranched alkanes of at least 4 members (excludes halogenated alkanes) is 1. The van der Waals surface area contributed by atoms with Gasteiger partial charge < -0.3 is 15.1 Å². The Morgan fingerprint density at radius 1 is 1.16 bits per heavy atom. The van der Waals surface area contributed by atoms with Crippen LogP contribution in [0.5, 0.6) is 0 Å². The molecule has 0 radical (unpaired) electrons. The van der Waals surface area contributed by atoms with Gasteiger partial charge >= 0.3 is 0 Å². The van der Waals surface area contributed by atoms with Crippen LogP contribution in [-0.4, -0.2) is 48.7 Å². The lowest BCUT2D eigenvalue weighted by Gasteiger charge is -2.23. The van der Waals surface area contributed by atoms with E-state index in [-0.39, 0.29) is 0 Å². The fraction of sp³-hybridized carbons (Fsp3) is 0.769. The normalized spacial score (nSPS) is 14.3. The second kappa shape index (κ2) is 6.04. The molecule has 1 fully saturated rings. The van der Waals surface area contributed by atoms with Gasteiger partial charge in [0, 0.05) is 33.7 Å². The zero-order valence-electron chi connectivity index (χ0n) is 12.3. The van der Waals surface area contributed by atoms with Crippen LogP contribution in [0.1, 0.15) is 32.6 Å². The molecule has 0 saturated heterocycles. The Morgan fingerprint density at radius 2 is 1.84 bits per heavy atom. The Morgan fingerprint density at radius 3 is 2.37 bits per heavy atom. The smallest absolute Gasteiger partial charge is 0.232 e. The number of aromatic nitrogens is 3. The molecule has 1 N–H and O–H groups in total. The first-order chi connectivity index (χ1) is 9.15. The predicted molar refractivity (Wildman–Crippen MR) is 79.0 cm³/mol. The quantitative estimate of drug-likeness (QED) is 0.809. The summed E-state index contributed by atoms with van der Waals surface area (Å²) >= 11 is 0. The summed E-state index contributed by atoms with van der Waals surface area (Å²) < 4.78 is 0. The highest BCUT2D eigenvalue weighted by molar-refractivity contribution is 5.45. The lowest BCUT2D eigenvalue weighted by Crippen LogP contribution is -2.30. The average molecular weight is 264 g/mol. The third-order valence-corrected chi connectivity index (χ3v) is 3.23. The molecular weight excluding hydrogens is 240 g/mol. The molecule has 1 aromatic heterocycles. The molecule has 106 valence electrons. The van der Waals surface area contributed by atoms with E-state index >= 15 is 0 Å². The Labute approximate surface area is 115 Å². The number of anilines is 3. The summed E-state index contributed by atoms with van der Waals surface area (Å²) in [6.07, 6.45) is 4.87. The van der Waals surface area contributed by atoms with E-state index < -0.39 is 0 Å². The van der Waals surface area contributed by atoms with Crippen molar-refractivity contribution in [2.24, 2.45) is 0 Å². The van der Waals surface area contributed by atoms with Crippen molar-refractivity contribution in [1.29, 1.82) is 0 Å². The van der Waals surface area contributed by atoms with Crippen molar-refractivity contribution in [3.05, 3.63) is 0 Å². The topological polar surface area (TPSA) is 57.2 Å². The minimum absolute atomic E-state index is 0.619. The second-order valence-corrected chi connectivity index (χ2v) is 5.18. The van der Waals surface area contributed by atoms with Crippen LogP contribution in [0.4, 0.5) is 17.8 Å². The van der Waals surface area contributed by atoms with Crippen LogP contribution in [0.2, 0.25) is 0 Å². The van der Waals surface area contributed by atoms with Crippen LogP contribution in [0.3, 0.4) is 0 Å². The third kappa shape index (κ3) is 3.45. The molecule has 2 rings (SSSR count). The van der Waals surface area contributed by atoms with E-state index in [9.17, 15) is 0 Å². The van der Waals surface area contributed by atoms with Crippen molar-refractivity contribution in [3.63, 3.8) is 0 Å². The van der Waals surface area contributed by atoms with Gasteiger partial charge in [0.05, 0.1) is 0 Å². The lowest BCUT2D eigenvalue weighted by molar-refractivity contribution is 0.691. The molecule has 19 heavy (non-hydrogen) atoms. The minimum atomic E-state index is 0.619. The first-order valence-electron chi connectivity index (χ1n) is 7.03. The number of hydrogen-bond acceptors (Lipinski definition) is 6. The summed E-state index contributed by atoms with van der Waals surface area (Å²) in [6, 6.07) is 0.619. The third-order valence-electron chi connectivity index (χ3n) is 3.23. The molecule has 0 aromatic carbocycles. The van der Waals surface area contributed by atoms with Crippen molar-refractivity contribution in [2.75, 3.05) is 42.8 Å². The van der Waals surface area contributed by atoms with Gasteiger partial charge in [0.15, 0.2) is 0 Å². The molecule has 0 spiro atoms. The van der Waals surface area contributed by atoms with Crippen LogP contribution < -0.4 is 15.1 Å². The molecule has 6 heteroatoms. The maximum atomic E-state index is 4.58. The van der Waals surface area contributed by atoms with E-state index in [1.165, 1.54) is 25.7 Å². The average Bonchev–Trinajstić information content (AvgIpc) is 3.23. The van der Waals surface area contributed by atoms with E-state index in [0.717, 1.165) is 12.5 Å². The standard InChI is InChI=1S/C13H24N6/c1-5-6-9-19(10-7-8-10)13-16-11(14-2)15-12(17-13)18(3)4/h10H,5-9H2,1-4H3,(H,14,15,16,17). The van der Waals surface area contributed by atoms with Gasteiger partial charge in [-0.2, -0.15) is 15.0 Å². The minimum Gasteiger partial charge on any atom is -0.357 e. The van der Waals surface area contributed by atoms with E-state index in [1.807, 2.05) is 26.0 Å². The lowest BCUT2D eigenvalue weighted by atomic mass is 10.3. The zero-order chi connectivity index (χ0) is 13.8. The van der Waals surface area contributed by atoms with Crippen LogP contribution >= 0.6 is 0 Å². The highest BCUT2D eigenvalue weighted by atomic mass is 15.4. The highest BCUT2D eigenvalue weighted by Crippen LogP contribution is 2.30. The number of rotatable bonds is 7. The maximum absolute atomic E-state index is 4.58. The van der Waals surface area contributed by atoms with Crippen LogP contribution in [-0.2, 0) is 0 Å².